The molecule has 2 atom stereocenters. The van der Waals surface area contributed by atoms with Crippen molar-refractivity contribution in [2.45, 2.75) is 37.5 Å². The Morgan fingerprint density at radius 2 is 2.04 bits per heavy atom. The van der Waals surface area contributed by atoms with Crippen molar-refractivity contribution >= 4 is 0 Å². The Labute approximate surface area is 155 Å². The average Bonchev–Trinajstić information content (AvgIpc) is 3.32. The molecule has 0 aromatic heterocycles. The van der Waals surface area contributed by atoms with Crippen LogP contribution < -0.4 is 4.74 Å². The minimum atomic E-state index is -0.741. The van der Waals surface area contributed by atoms with Crippen molar-refractivity contribution in [1.29, 1.82) is 0 Å². The van der Waals surface area contributed by atoms with E-state index in [1.165, 1.54) is 5.56 Å². The van der Waals surface area contributed by atoms with Gasteiger partial charge in [-0.15, -0.1) is 0 Å². The van der Waals surface area contributed by atoms with Crippen LogP contribution in [0, 0.1) is 0 Å². The lowest BCUT2D eigenvalue weighted by atomic mass is 9.93. The zero-order chi connectivity index (χ0) is 17.8. The Morgan fingerprint density at radius 3 is 2.85 bits per heavy atom. The maximum Gasteiger partial charge on any atom is 0.119 e. The first-order chi connectivity index (χ1) is 12.7. The van der Waals surface area contributed by atoms with Gasteiger partial charge in [0.25, 0.3) is 0 Å². The van der Waals surface area contributed by atoms with Crippen molar-refractivity contribution in [2.75, 3.05) is 26.3 Å². The summed E-state index contributed by atoms with van der Waals surface area (Å²) in [5.74, 6) is 0.899. The molecular weight excluding hydrogens is 326 g/mol. The molecule has 2 aromatic rings. The summed E-state index contributed by atoms with van der Waals surface area (Å²) in [5, 5.41) is 11.0. The van der Waals surface area contributed by atoms with Gasteiger partial charge in [-0.05, 0) is 42.5 Å². The molecule has 2 heterocycles. The lowest BCUT2D eigenvalue weighted by Gasteiger charge is -2.24. The van der Waals surface area contributed by atoms with Crippen LogP contribution in [0.3, 0.4) is 0 Å². The van der Waals surface area contributed by atoms with Gasteiger partial charge in [-0.3, -0.25) is 4.90 Å². The highest BCUT2D eigenvalue weighted by molar-refractivity contribution is 5.29. The molecule has 1 N–H and O–H groups in total. The van der Waals surface area contributed by atoms with Gasteiger partial charge in [0, 0.05) is 26.2 Å². The van der Waals surface area contributed by atoms with Crippen LogP contribution in [0.25, 0.3) is 0 Å². The maximum absolute atomic E-state index is 11.0. The molecule has 4 nitrogen and oxygen atoms in total. The quantitative estimate of drug-likeness (QED) is 0.865. The second-order valence-corrected chi connectivity index (χ2v) is 7.45. The Morgan fingerprint density at radius 1 is 1.15 bits per heavy atom. The van der Waals surface area contributed by atoms with Crippen molar-refractivity contribution in [3.05, 3.63) is 65.7 Å². The van der Waals surface area contributed by atoms with Crippen LogP contribution in [0.1, 0.15) is 30.4 Å². The van der Waals surface area contributed by atoms with Crippen molar-refractivity contribution in [1.82, 2.24) is 4.90 Å². The topological polar surface area (TPSA) is 41.9 Å². The fraction of sp³-hybridized carbons (Fsp3) is 0.455. The molecule has 0 unspecified atom stereocenters. The third-order valence-corrected chi connectivity index (χ3v) is 5.40. The van der Waals surface area contributed by atoms with Crippen LogP contribution in [0.5, 0.6) is 5.75 Å². The lowest BCUT2D eigenvalue weighted by molar-refractivity contribution is 0.0452. The number of rotatable bonds is 6. The first kappa shape index (κ1) is 17.5. The molecule has 0 amide bonds. The predicted molar refractivity (Wildman–Crippen MR) is 101 cm³/mol. The van der Waals surface area contributed by atoms with E-state index in [1.807, 2.05) is 42.5 Å². The summed E-state index contributed by atoms with van der Waals surface area (Å²) in [6.07, 6.45) is 3.23. The van der Waals surface area contributed by atoms with Crippen molar-refractivity contribution in [3.63, 3.8) is 0 Å². The normalized spacial score (nSPS) is 26.3. The minimum Gasteiger partial charge on any atom is -0.491 e. The summed E-state index contributed by atoms with van der Waals surface area (Å²) in [7, 11) is 0. The molecule has 4 heteroatoms. The van der Waals surface area contributed by atoms with Crippen LogP contribution in [0.15, 0.2) is 54.6 Å². The molecule has 2 saturated heterocycles. The van der Waals surface area contributed by atoms with E-state index in [9.17, 15) is 5.11 Å². The molecule has 4 rings (SSSR count). The number of nitrogens with zero attached hydrogens (tertiary/aromatic N) is 1. The van der Waals surface area contributed by atoms with Gasteiger partial charge < -0.3 is 14.6 Å². The van der Waals surface area contributed by atoms with Gasteiger partial charge in [0.2, 0.25) is 0 Å². The van der Waals surface area contributed by atoms with Crippen LogP contribution in [-0.2, 0) is 16.9 Å². The van der Waals surface area contributed by atoms with Crippen molar-refractivity contribution in [3.8, 4) is 5.75 Å². The summed E-state index contributed by atoms with van der Waals surface area (Å²) in [6.45, 7) is 3.87. The summed E-state index contributed by atoms with van der Waals surface area (Å²) in [4.78, 5) is 2.31. The molecule has 0 aliphatic carbocycles. The molecule has 0 radical (unpaired) electrons. The van der Waals surface area contributed by atoms with Crippen LogP contribution >= 0.6 is 0 Å². The zero-order valence-electron chi connectivity index (χ0n) is 15.1. The molecule has 2 fully saturated rings. The van der Waals surface area contributed by atoms with E-state index in [2.05, 4.69) is 17.0 Å². The summed E-state index contributed by atoms with van der Waals surface area (Å²) < 4.78 is 11.5. The van der Waals surface area contributed by atoms with Gasteiger partial charge in [-0.1, -0.05) is 42.5 Å². The fourth-order valence-electron chi connectivity index (χ4n) is 3.95. The molecule has 2 aromatic carbocycles. The van der Waals surface area contributed by atoms with E-state index in [0.29, 0.717) is 13.2 Å². The SMILES string of the molecule is O[C@]1(c2ccccc2)CCN(Cc2cccc(OC[C@H]3CCCO3)c2)C1. The van der Waals surface area contributed by atoms with E-state index >= 15 is 0 Å². The molecule has 0 spiro atoms. The number of likely N-dealkylation sites (tertiary alicyclic amines) is 1. The van der Waals surface area contributed by atoms with E-state index in [0.717, 1.165) is 50.3 Å². The third kappa shape index (κ3) is 4.09. The summed E-state index contributed by atoms with van der Waals surface area (Å²) in [6, 6.07) is 18.3. The number of hydrogen-bond acceptors (Lipinski definition) is 4. The number of aliphatic hydroxyl groups is 1. The molecular formula is C22H27NO3. The van der Waals surface area contributed by atoms with Crippen LogP contribution in [0.2, 0.25) is 0 Å². The van der Waals surface area contributed by atoms with E-state index in [4.69, 9.17) is 9.47 Å². The van der Waals surface area contributed by atoms with Gasteiger partial charge >= 0.3 is 0 Å². The molecule has 2 aliphatic rings. The van der Waals surface area contributed by atoms with E-state index in [-0.39, 0.29) is 6.10 Å². The third-order valence-electron chi connectivity index (χ3n) is 5.40. The second kappa shape index (κ2) is 7.78. The van der Waals surface area contributed by atoms with Gasteiger partial charge in [0.1, 0.15) is 18.0 Å². The number of β-amino-alcohol motifs (C(OH)–C–C–N with tert-alkyl or cyclic N) is 1. The van der Waals surface area contributed by atoms with E-state index in [1.54, 1.807) is 0 Å². The van der Waals surface area contributed by atoms with Crippen LogP contribution in [0.4, 0.5) is 0 Å². The highest BCUT2D eigenvalue weighted by Crippen LogP contribution is 2.32. The standard InChI is InChI=1S/C22H27NO3/c24-22(19-7-2-1-3-8-19)11-12-23(17-22)15-18-6-4-9-20(14-18)26-16-21-10-5-13-25-21/h1-4,6-9,14,21,24H,5,10-13,15-17H2/t21-,22-/m1/s1. The number of hydrogen-bond donors (Lipinski definition) is 1. The smallest absolute Gasteiger partial charge is 0.119 e. The Kier molecular flexibility index (Phi) is 5.25. The molecule has 138 valence electrons. The molecule has 0 saturated carbocycles. The second-order valence-electron chi connectivity index (χ2n) is 7.45. The van der Waals surface area contributed by atoms with Crippen molar-refractivity contribution < 1.29 is 14.6 Å². The van der Waals surface area contributed by atoms with Gasteiger partial charge in [0.15, 0.2) is 0 Å². The predicted octanol–water partition coefficient (Wildman–Crippen LogP) is 3.34. The first-order valence-electron chi connectivity index (χ1n) is 9.55. The molecule has 2 aliphatic heterocycles. The first-order valence-corrected chi connectivity index (χ1v) is 9.55. The maximum atomic E-state index is 11.0. The number of ether oxygens (including phenoxy) is 2. The fourth-order valence-corrected chi connectivity index (χ4v) is 3.95. The van der Waals surface area contributed by atoms with Crippen LogP contribution in [-0.4, -0.2) is 42.4 Å². The molecule has 0 bridgehead atoms. The number of benzene rings is 2. The average molecular weight is 353 g/mol. The van der Waals surface area contributed by atoms with Gasteiger partial charge in [-0.2, -0.15) is 0 Å². The lowest BCUT2D eigenvalue weighted by Crippen LogP contribution is -2.30. The van der Waals surface area contributed by atoms with Crippen molar-refractivity contribution in [2.24, 2.45) is 0 Å². The highest BCUT2D eigenvalue weighted by atomic mass is 16.5. The largest absolute Gasteiger partial charge is 0.491 e. The highest BCUT2D eigenvalue weighted by Gasteiger charge is 2.37. The van der Waals surface area contributed by atoms with Gasteiger partial charge in [0.05, 0.1) is 6.10 Å². The Bertz CT molecular complexity index is 714. The Hall–Kier alpha value is -1.88. The minimum absolute atomic E-state index is 0.234. The monoisotopic (exact) mass is 353 g/mol. The zero-order valence-corrected chi connectivity index (χ0v) is 15.1. The van der Waals surface area contributed by atoms with Gasteiger partial charge in [-0.25, -0.2) is 0 Å². The molecule has 26 heavy (non-hydrogen) atoms. The van der Waals surface area contributed by atoms with E-state index < -0.39 is 5.60 Å². The Balaban J connectivity index is 1.35. The summed E-state index contributed by atoms with van der Waals surface area (Å²) >= 11 is 0. The summed E-state index contributed by atoms with van der Waals surface area (Å²) in [5.41, 5.74) is 1.48.